The molecule has 3 rings (SSSR count). The fraction of sp³-hybridized carbons (Fsp3) is 0.571. The highest BCUT2D eigenvalue weighted by molar-refractivity contribution is 7.89. The number of piperidine rings is 1. The minimum Gasteiger partial charge on any atom is -0.486 e. The number of halogens is 1. The van der Waals surface area contributed by atoms with E-state index in [-0.39, 0.29) is 10.3 Å². The first kappa shape index (κ1) is 14.9. The van der Waals surface area contributed by atoms with Gasteiger partial charge in [-0.1, -0.05) is 6.92 Å². The summed E-state index contributed by atoms with van der Waals surface area (Å²) in [6, 6.07) is 4.74. The number of nitrogens with zero attached hydrogens (tertiary/aromatic N) is 1. The lowest BCUT2D eigenvalue weighted by Crippen LogP contribution is -2.43. The number of sulfonamides is 1. The smallest absolute Gasteiger partial charge is 0.243 e. The van der Waals surface area contributed by atoms with Gasteiger partial charge in [0, 0.05) is 24.5 Å². The summed E-state index contributed by atoms with van der Waals surface area (Å²) >= 11 is 6.22. The Balaban J connectivity index is 1.88. The van der Waals surface area contributed by atoms with Crippen molar-refractivity contribution in [1.29, 1.82) is 0 Å². The third kappa shape index (κ3) is 2.84. The molecule has 0 saturated carbocycles. The number of ether oxygens (including phenoxy) is 2. The average Bonchev–Trinajstić information content (AvgIpc) is 2.49. The molecular formula is C14H18ClNO4S. The zero-order chi connectivity index (χ0) is 15.0. The van der Waals surface area contributed by atoms with Crippen molar-refractivity contribution in [2.45, 2.75) is 23.6 Å². The Morgan fingerprint density at radius 2 is 1.95 bits per heavy atom. The van der Waals surface area contributed by atoms with Crippen LogP contribution < -0.4 is 9.47 Å². The highest BCUT2D eigenvalue weighted by Gasteiger charge is 2.33. The van der Waals surface area contributed by atoms with Crippen molar-refractivity contribution in [2.75, 3.05) is 26.3 Å². The fourth-order valence-electron chi connectivity index (χ4n) is 2.55. The zero-order valence-corrected chi connectivity index (χ0v) is 13.4. The van der Waals surface area contributed by atoms with Gasteiger partial charge in [-0.3, -0.25) is 0 Å². The molecule has 1 aromatic carbocycles. The van der Waals surface area contributed by atoms with Gasteiger partial charge in [-0.15, -0.1) is 11.6 Å². The summed E-state index contributed by atoms with van der Waals surface area (Å²) in [4.78, 5) is 0.227. The van der Waals surface area contributed by atoms with Crippen LogP contribution in [-0.4, -0.2) is 44.4 Å². The van der Waals surface area contributed by atoms with Crippen LogP contribution in [0.1, 0.15) is 13.3 Å². The molecule has 1 fully saturated rings. The van der Waals surface area contributed by atoms with E-state index in [1.54, 1.807) is 12.1 Å². The third-order valence-electron chi connectivity index (χ3n) is 3.98. The predicted octanol–water partition coefficient (Wildman–Crippen LogP) is 2.10. The number of benzene rings is 1. The Morgan fingerprint density at radius 1 is 1.24 bits per heavy atom. The molecule has 0 radical (unpaired) electrons. The van der Waals surface area contributed by atoms with Crippen LogP contribution in [0.3, 0.4) is 0 Å². The van der Waals surface area contributed by atoms with Crippen LogP contribution >= 0.6 is 11.6 Å². The maximum absolute atomic E-state index is 12.7. The normalized spacial score (nSPS) is 26.6. The zero-order valence-electron chi connectivity index (χ0n) is 11.8. The van der Waals surface area contributed by atoms with Gasteiger partial charge < -0.3 is 9.47 Å². The van der Waals surface area contributed by atoms with Gasteiger partial charge in [-0.2, -0.15) is 4.31 Å². The van der Waals surface area contributed by atoms with Crippen LogP contribution in [0.15, 0.2) is 23.1 Å². The van der Waals surface area contributed by atoms with Crippen molar-refractivity contribution in [1.82, 2.24) is 4.31 Å². The van der Waals surface area contributed by atoms with Gasteiger partial charge in [0.1, 0.15) is 13.2 Å². The second-order valence-corrected chi connectivity index (χ2v) is 7.95. The molecule has 1 saturated heterocycles. The molecule has 21 heavy (non-hydrogen) atoms. The maximum atomic E-state index is 12.7. The minimum absolute atomic E-state index is 0.147. The van der Waals surface area contributed by atoms with Crippen molar-refractivity contribution in [3.63, 3.8) is 0 Å². The van der Waals surface area contributed by atoms with Gasteiger partial charge in [0.25, 0.3) is 0 Å². The summed E-state index contributed by atoms with van der Waals surface area (Å²) in [5.41, 5.74) is 0. The molecule has 0 bridgehead atoms. The van der Waals surface area contributed by atoms with Crippen molar-refractivity contribution >= 4 is 21.6 Å². The van der Waals surface area contributed by atoms with E-state index in [1.165, 1.54) is 10.4 Å². The van der Waals surface area contributed by atoms with Gasteiger partial charge in [-0.05, 0) is 24.5 Å². The van der Waals surface area contributed by atoms with E-state index in [9.17, 15) is 8.42 Å². The van der Waals surface area contributed by atoms with E-state index in [0.717, 1.165) is 6.42 Å². The molecule has 0 aromatic heterocycles. The second kappa shape index (κ2) is 5.66. The Bertz CT molecular complexity index is 634. The number of hydrogen-bond acceptors (Lipinski definition) is 4. The van der Waals surface area contributed by atoms with E-state index in [1.807, 2.05) is 6.92 Å². The van der Waals surface area contributed by atoms with E-state index >= 15 is 0 Å². The minimum atomic E-state index is -3.54. The quantitative estimate of drug-likeness (QED) is 0.779. The first-order valence-corrected chi connectivity index (χ1v) is 8.90. The standard InChI is InChI=1S/C14H18ClNO4S/c1-10-4-5-16(9-12(10)15)21(17,18)11-2-3-13-14(8-11)20-7-6-19-13/h2-3,8,10,12H,4-7,9H2,1H3. The molecule has 2 unspecified atom stereocenters. The molecule has 2 atom stereocenters. The number of fused-ring (bicyclic) bond motifs is 1. The topological polar surface area (TPSA) is 55.8 Å². The molecular weight excluding hydrogens is 314 g/mol. The van der Waals surface area contributed by atoms with Gasteiger partial charge >= 0.3 is 0 Å². The first-order valence-electron chi connectivity index (χ1n) is 7.02. The molecule has 0 aliphatic carbocycles. The van der Waals surface area contributed by atoms with Crippen LogP contribution in [0, 0.1) is 5.92 Å². The highest BCUT2D eigenvalue weighted by atomic mass is 35.5. The van der Waals surface area contributed by atoms with E-state index < -0.39 is 10.0 Å². The van der Waals surface area contributed by atoms with Gasteiger partial charge in [0.05, 0.1) is 4.90 Å². The van der Waals surface area contributed by atoms with Crippen molar-refractivity contribution in [3.8, 4) is 11.5 Å². The van der Waals surface area contributed by atoms with Gasteiger partial charge in [0.2, 0.25) is 10.0 Å². The summed E-state index contributed by atoms with van der Waals surface area (Å²) in [6.45, 7) is 3.81. The molecule has 116 valence electrons. The highest BCUT2D eigenvalue weighted by Crippen LogP contribution is 2.34. The van der Waals surface area contributed by atoms with Gasteiger partial charge in [0.15, 0.2) is 11.5 Å². The van der Waals surface area contributed by atoms with Crippen LogP contribution in [0.4, 0.5) is 0 Å². The number of rotatable bonds is 2. The lowest BCUT2D eigenvalue weighted by molar-refractivity contribution is 0.171. The molecule has 2 heterocycles. The Labute approximate surface area is 129 Å². The van der Waals surface area contributed by atoms with E-state index in [2.05, 4.69) is 0 Å². The number of alkyl halides is 1. The summed E-state index contributed by atoms with van der Waals surface area (Å²) in [5.74, 6) is 1.40. The largest absolute Gasteiger partial charge is 0.486 e. The second-order valence-electron chi connectivity index (χ2n) is 5.45. The molecule has 2 aliphatic heterocycles. The molecule has 0 amide bonds. The molecule has 1 aromatic rings. The van der Waals surface area contributed by atoms with Crippen molar-refractivity contribution < 1.29 is 17.9 Å². The monoisotopic (exact) mass is 331 g/mol. The molecule has 2 aliphatic rings. The Kier molecular flexibility index (Phi) is 4.03. The number of hydrogen-bond donors (Lipinski definition) is 0. The summed E-state index contributed by atoms with van der Waals surface area (Å²) in [5, 5.41) is -0.147. The Morgan fingerprint density at radius 3 is 2.67 bits per heavy atom. The predicted molar refractivity (Wildman–Crippen MR) is 79.6 cm³/mol. The van der Waals surface area contributed by atoms with Crippen LogP contribution in [0.2, 0.25) is 0 Å². The summed E-state index contributed by atoms with van der Waals surface area (Å²) in [6.07, 6.45) is 0.776. The van der Waals surface area contributed by atoms with Crippen molar-refractivity contribution in [3.05, 3.63) is 18.2 Å². The molecule has 5 nitrogen and oxygen atoms in total. The lowest BCUT2D eigenvalue weighted by atomic mass is 10.0. The molecule has 7 heteroatoms. The summed E-state index contributed by atoms with van der Waals surface area (Å²) in [7, 11) is -3.54. The van der Waals surface area contributed by atoms with Crippen LogP contribution in [0.5, 0.6) is 11.5 Å². The summed E-state index contributed by atoms with van der Waals surface area (Å²) < 4.78 is 37.7. The van der Waals surface area contributed by atoms with Crippen LogP contribution in [0.25, 0.3) is 0 Å². The Hall–Kier alpha value is -0.980. The molecule has 0 spiro atoms. The SMILES string of the molecule is CC1CCN(S(=O)(=O)c2ccc3c(c2)OCCO3)CC1Cl. The first-order chi connectivity index (χ1) is 9.98. The third-order valence-corrected chi connectivity index (χ3v) is 6.41. The average molecular weight is 332 g/mol. The van der Waals surface area contributed by atoms with Gasteiger partial charge in [-0.25, -0.2) is 8.42 Å². The van der Waals surface area contributed by atoms with Crippen LogP contribution in [-0.2, 0) is 10.0 Å². The van der Waals surface area contributed by atoms with Crippen molar-refractivity contribution in [2.24, 2.45) is 5.92 Å². The fourth-order valence-corrected chi connectivity index (χ4v) is 4.42. The van der Waals surface area contributed by atoms with E-state index in [4.69, 9.17) is 21.1 Å². The van der Waals surface area contributed by atoms with E-state index in [0.29, 0.717) is 43.7 Å². The maximum Gasteiger partial charge on any atom is 0.243 e. The molecule has 0 N–H and O–H groups in total. The lowest BCUT2D eigenvalue weighted by Gasteiger charge is -2.33.